The molecule has 1 aliphatic heterocycles. The topological polar surface area (TPSA) is 86.6 Å². The highest BCUT2D eigenvalue weighted by Gasteiger charge is 2.29. The van der Waals surface area contributed by atoms with E-state index < -0.39 is 24.0 Å². The second-order valence-corrected chi connectivity index (χ2v) is 2.88. The molecule has 1 fully saturated rings. The van der Waals surface area contributed by atoms with E-state index in [-0.39, 0.29) is 0 Å². The molecule has 0 saturated carbocycles. The van der Waals surface area contributed by atoms with E-state index in [0.717, 1.165) is 0 Å². The zero-order valence-corrected chi connectivity index (χ0v) is 6.49. The lowest BCUT2D eigenvalue weighted by molar-refractivity contribution is -0.144. The number of nitrogens with one attached hydrogen (secondary N) is 1. The molecule has 0 amide bonds. The van der Waals surface area contributed by atoms with Gasteiger partial charge in [0.1, 0.15) is 12.1 Å². The number of hydrogen-bond acceptors (Lipinski definition) is 3. The quantitative estimate of drug-likeness (QED) is 0.532. The maximum Gasteiger partial charge on any atom is 0.320 e. The fourth-order valence-corrected chi connectivity index (χ4v) is 1.33. The van der Waals surface area contributed by atoms with Gasteiger partial charge in [0, 0.05) is 0 Å². The van der Waals surface area contributed by atoms with Gasteiger partial charge in [0.25, 0.3) is 0 Å². The summed E-state index contributed by atoms with van der Waals surface area (Å²) in [5.74, 6) is -1.94. The van der Waals surface area contributed by atoms with E-state index in [1.165, 1.54) is 0 Å². The Labute approximate surface area is 69.4 Å². The average Bonchev–Trinajstić information content (AvgIpc) is 2.04. The predicted octanol–water partition coefficient (Wildman–Crippen LogP) is -0.334. The smallest absolute Gasteiger partial charge is 0.320 e. The van der Waals surface area contributed by atoms with E-state index in [9.17, 15) is 9.59 Å². The largest absolute Gasteiger partial charge is 0.480 e. The van der Waals surface area contributed by atoms with Gasteiger partial charge in [0.15, 0.2) is 0 Å². The number of carboxylic acid groups (broad SMARTS) is 2. The van der Waals surface area contributed by atoms with Crippen LogP contribution in [0, 0.1) is 0 Å². The van der Waals surface area contributed by atoms with Gasteiger partial charge >= 0.3 is 11.9 Å². The molecule has 0 aromatic carbocycles. The van der Waals surface area contributed by atoms with Crippen molar-refractivity contribution >= 4 is 11.9 Å². The van der Waals surface area contributed by atoms with Gasteiger partial charge < -0.3 is 10.2 Å². The van der Waals surface area contributed by atoms with Gasteiger partial charge in [-0.25, -0.2) is 0 Å². The zero-order chi connectivity index (χ0) is 9.14. The Morgan fingerprint density at radius 2 is 1.50 bits per heavy atom. The third-order valence-corrected chi connectivity index (χ3v) is 1.98. The van der Waals surface area contributed by atoms with Gasteiger partial charge in [-0.15, -0.1) is 0 Å². The lowest BCUT2D eigenvalue weighted by atomic mass is 9.99. The summed E-state index contributed by atoms with van der Waals surface area (Å²) in [6.07, 6.45) is 1.68. The standard InChI is InChI=1S/C7H11NO4/c9-6(10)4-2-1-3-5(8-4)7(11)12/h4-5,8H,1-3H2,(H,9,10)(H,11,12)/t4-,5?/m0/s1. The molecule has 68 valence electrons. The van der Waals surface area contributed by atoms with Gasteiger partial charge in [0.2, 0.25) is 0 Å². The molecule has 1 heterocycles. The van der Waals surface area contributed by atoms with Gasteiger partial charge in [-0.1, -0.05) is 0 Å². The first-order valence-electron chi connectivity index (χ1n) is 3.83. The summed E-state index contributed by atoms with van der Waals surface area (Å²) < 4.78 is 0. The molecule has 0 bridgehead atoms. The van der Waals surface area contributed by atoms with Crippen LogP contribution in [0.4, 0.5) is 0 Å². The third-order valence-electron chi connectivity index (χ3n) is 1.98. The van der Waals surface area contributed by atoms with Crippen LogP contribution >= 0.6 is 0 Å². The molecule has 0 aliphatic carbocycles. The number of carbonyl (C=O) groups is 2. The van der Waals surface area contributed by atoms with Crippen molar-refractivity contribution < 1.29 is 19.8 Å². The minimum Gasteiger partial charge on any atom is -0.480 e. The van der Waals surface area contributed by atoms with Crippen LogP contribution in [0.15, 0.2) is 0 Å². The first kappa shape index (κ1) is 8.99. The second kappa shape index (κ2) is 3.53. The molecule has 2 atom stereocenters. The average molecular weight is 173 g/mol. The molecule has 5 heteroatoms. The monoisotopic (exact) mass is 173 g/mol. The van der Waals surface area contributed by atoms with Crippen LogP contribution in [0.3, 0.4) is 0 Å². The highest BCUT2D eigenvalue weighted by Crippen LogP contribution is 2.12. The van der Waals surface area contributed by atoms with Crippen molar-refractivity contribution in [1.82, 2.24) is 5.32 Å². The minimum atomic E-state index is -0.971. The molecule has 12 heavy (non-hydrogen) atoms. The van der Waals surface area contributed by atoms with Crippen LogP contribution in [0.25, 0.3) is 0 Å². The summed E-state index contributed by atoms with van der Waals surface area (Å²) in [6, 6.07) is -1.39. The van der Waals surface area contributed by atoms with E-state index in [4.69, 9.17) is 10.2 Å². The molecule has 1 saturated heterocycles. The number of piperidine rings is 1. The number of carboxylic acids is 2. The normalized spacial score (nSPS) is 29.7. The van der Waals surface area contributed by atoms with Crippen molar-refractivity contribution in [3.8, 4) is 0 Å². The lowest BCUT2D eigenvalue weighted by Gasteiger charge is -2.25. The van der Waals surface area contributed by atoms with Crippen molar-refractivity contribution in [3.05, 3.63) is 0 Å². The molecule has 0 radical (unpaired) electrons. The van der Waals surface area contributed by atoms with E-state index in [1.807, 2.05) is 0 Å². The summed E-state index contributed by atoms with van der Waals surface area (Å²) >= 11 is 0. The Hall–Kier alpha value is -1.10. The van der Waals surface area contributed by atoms with Gasteiger partial charge in [-0.05, 0) is 19.3 Å². The lowest BCUT2D eigenvalue weighted by Crippen LogP contribution is -2.50. The highest BCUT2D eigenvalue weighted by atomic mass is 16.4. The SMILES string of the molecule is O=C(O)C1CCC[C@@H](C(=O)O)N1. The van der Waals surface area contributed by atoms with Gasteiger partial charge in [0.05, 0.1) is 0 Å². The van der Waals surface area contributed by atoms with Crippen molar-refractivity contribution in [2.45, 2.75) is 31.3 Å². The van der Waals surface area contributed by atoms with E-state index >= 15 is 0 Å². The van der Waals surface area contributed by atoms with Crippen LogP contribution in [0.1, 0.15) is 19.3 Å². The number of rotatable bonds is 2. The third kappa shape index (κ3) is 1.94. The Morgan fingerprint density at radius 1 is 1.08 bits per heavy atom. The number of aliphatic carboxylic acids is 2. The summed E-state index contributed by atoms with van der Waals surface area (Å²) in [5.41, 5.74) is 0. The fraction of sp³-hybridized carbons (Fsp3) is 0.714. The maximum atomic E-state index is 10.5. The molecular weight excluding hydrogens is 162 g/mol. The second-order valence-electron chi connectivity index (χ2n) is 2.88. The van der Waals surface area contributed by atoms with Crippen LogP contribution in [0.2, 0.25) is 0 Å². The summed E-state index contributed by atoms with van der Waals surface area (Å²) in [5, 5.41) is 19.7. The summed E-state index contributed by atoms with van der Waals surface area (Å²) in [7, 11) is 0. The Bertz CT molecular complexity index is 184. The molecule has 1 rings (SSSR count). The van der Waals surface area contributed by atoms with Gasteiger partial charge in [-0.3, -0.25) is 14.9 Å². The molecule has 1 aliphatic rings. The van der Waals surface area contributed by atoms with E-state index in [2.05, 4.69) is 5.32 Å². The zero-order valence-electron chi connectivity index (χ0n) is 6.49. The van der Waals surface area contributed by atoms with Crippen molar-refractivity contribution in [2.24, 2.45) is 0 Å². The van der Waals surface area contributed by atoms with Crippen LogP contribution in [-0.2, 0) is 9.59 Å². The van der Waals surface area contributed by atoms with Crippen molar-refractivity contribution in [1.29, 1.82) is 0 Å². The van der Waals surface area contributed by atoms with E-state index in [0.29, 0.717) is 19.3 Å². The molecule has 0 aromatic heterocycles. The fourth-order valence-electron chi connectivity index (χ4n) is 1.33. The summed E-state index contributed by atoms with van der Waals surface area (Å²) in [4.78, 5) is 20.9. The Balaban J connectivity index is 2.51. The molecular formula is C7H11NO4. The first-order chi connectivity index (χ1) is 5.61. The molecule has 0 aromatic rings. The molecule has 1 unspecified atom stereocenters. The van der Waals surface area contributed by atoms with Gasteiger partial charge in [-0.2, -0.15) is 0 Å². The first-order valence-corrected chi connectivity index (χ1v) is 3.83. The number of hydrogen-bond donors (Lipinski definition) is 3. The van der Waals surface area contributed by atoms with Crippen LogP contribution in [0.5, 0.6) is 0 Å². The van der Waals surface area contributed by atoms with Crippen LogP contribution < -0.4 is 5.32 Å². The molecule has 0 spiro atoms. The highest BCUT2D eigenvalue weighted by molar-refractivity contribution is 5.77. The molecule has 3 N–H and O–H groups in total. The predicted molar refractivity (Wildman–Crippen MR) is 39.8 cm³/mol. The maximum absolute atomic E-state index is 10.5. The van der Waals surface area contributed by atoms with Crippen molar-refractivity contribution in [2.75, 3.05) is 0 Å². The minimum absolute atomic E-state index is 0.513. The van der Waals surface area contributed by atoms with Crippen molar-refractivity contribution in [3.63, 3.8) is 0 Å². The van der Waals surface area contributed by atoms with Crippen LogP contribution in [-0.4, -0.2) is 34.2 Å². The van der Waals surface area contributed by atoms with E-state index in [1.54, 1.807) is 0 Å². The molecule has 5 nitrogen and oxygen atoms in total. The summed E-state index contributed by atoms with van der Waals surface area (Å²) in [6.45, 7) is 0. The Morgan fingerprint density at radius 3 is 1.83 bits per heavy atom. The Kier molecular flexibility index (Phi) is 2.65.